The van der Waals surface area contributed by atoms with E-state index in [0.717, 1.165) is 53.5 Å². The van der Waals surface area contributed by atoms with Crippen molar-refractivity contribution in [3.63, 3.8) is 0 Å². The molecule has 3 fully saturated rings. The van der Waals surface area contributed by atoms with Crippen LogP contribution in [0.2, 0.25) is 0 Å². The molecule has 1 aromatic heterocycles. The summed E-state index contributed by atoms with van der Waals surface area (Å²) in [7, 11) is 0. The van der Waals surface area contributed by atoms with Crippen LogP contribution in [0.1, 0.15) is 36.9 Å². The number of nitrogens with zero attached hydrogens (tertiary/aromatic N) is 4. The molecule has 1 saturated heterocycles. The second-order valence-electron chi connectivity index (χ2n) is 10.0. The second-order valence-corrected chi connectivity index (χ2v) is 10.0. The minimum atomic E-state index is -0.411. The van der Waals surface area contributed by atoms with Crippen LogP contribution in [0, 0.1) is 23.6 Å². The van der Waals surface area contributed by atoms with Gasteiger partial charge in [-0.1, -0.05) is 36.4 Å². The van der Waals surface area contributed by atoms with Crippen LogP contribution < -0.4 is 5.69 Å². The zero-order valence-corrected chi connectivity index (χ0v) is 19.4. The van der Waals surface area contributed by atoms with Gasteiger partial charge in [0, 0.05) is 37.0 Å². The van der Waals surface area contributed by atoms with Gasteiger partial charge in [0.15, 0.2) is 5.82 Å². The van der Waals surface area contributed by atoms with E-state index in [1.165, 1.54) is 12.1 Å². The molecule has 2 aliphatic carbocycles. The molecule has 35 heavy (non-hydrogen) atoms. The molecule has 2 saturated carbocycles. The molecule has 0 N–H and O–H groups in total. The Kier molecular flexibility index (Phi) is 5.39. The summed E-state index contributed by atoms with van der Waals surface area (Å²) in [5.74, 6) is 0.368. The molecule has 6 rings (SSSR count). The summed E-state index contributed by atoms with van der Waals surface area (Å²) in [6.07, 6.45) is 4.37. The molecule has 8 heteroatoms. The Bertz CT molecular complexity index is 1330. The minimum Gasteiger partial charge on any atom is -0.342 e. The van der Waals surface area contributed by atoms with Gasteiger partial charge in [0.05, 0.1) is 0 Å². The Morgan fingerprint density at radius 1 is 0.829 bits per heavy atom. The number of hydrogen-bond donors (Lipinski definition) is 0. The van der Waals surface area contributed by atoms with Crippen molar-refractivity contribution in [3.8, 4) is 22.5 Å². The average Bonchev–Trinajstić information content (AvgIpc) is 3.81. The summed E-state index contributed by atoms with van der Waals surface area (Å²) >= 11 is 0. The minimum absolute atomic E-state index is 0.122. The number of halogens is 1. The second kappa shape index (κ2) is 8.59. The van der Waals surface area contributed by atoms with Crippen LogP contribution in [0.15, 0.2) is 53.3 Å². The Labute approximate surface area is 202 Å². The molecule has 0 radical (unpaired) electrons. The van der Waals surface area contributed by atoms with Crippen LogP contribution in [-0.2, 0) is 11.3 Å². The predicted molar refractivity (Wildman–Crippen MR) is 128 cm³/mol. The number of aromatic nitrogens is 3. The van der Waals surface area contributed by atoms with E-state index in [4.69, 9.17) is 0 Å². The van der Waals surface area contributed by atoms with Crippen LogP contribution in [0.5, 0.6) is 0 Å². The third kappa shape index (κ3) is 4.33. The lowest BCUT2D eigenvalue weighted by Gasteiger charge is -2.16. The Balaban J connectivity index is 1.30. The lowest BCUT2D eigenvalue weighted by Crippen LogP contribution is -2.33. The van der Waals surface area contributed by atoms with Crippen molar-refractivity contribution in [2.45, 2.75) is 38.6 Å². The standard InChI is InChI=1S/C27H27FN4O3/c28-23-11-9-19(10-12-23)18-1-3-20(4-2-18)24-29-32(26(34)22-7-8-22)27(35)31(24)16-17-13-14-30(15-17)25(33)21-5-6-21/h1-4,9-12,17,21-22H,5-8,13-16H2. The first-order valence-electron chi connectivity index (χ1n) is 12.4. The molecule has 7 nitrogen and oxygen atoms in total. The quantitative estimate of drug-likeness (QED) is 0.544. The van der Waals surface area contributed by atoms with Gasteiger partial charge in [-0.05, 0) is 61.3 Å². The van der Waals surface area contributed by atoms with Gasteiger partial charge in [-0.3, -0.25) is 14.2 Å². The molecule has 2 heterocycles. The molecule has 0 spiro atoms. The maximum Gasteiger partial charge on any atom is 0.353 e. The molecular weight excluding hydrogens is 447 g/mol. The molecule has 1 atom stereocenters. The monoisotopic (exact) mass is 474 g/mol. The topological polar surface area (TPSA) is 77.2 Å². The van der Waals surface area contributed by atoms with E-state index < -0.39 is 5.69 Å². The van der Waals surface area contributed by atoms with Gasteiger partial charge in [-0.2, -0.15) is 0 Å². The third-order valence-corrected chi connectivity index (χ3v) is 7.28. The van der Waals surface area contributed by atoms with E-state index >= 15 is 0 Å². The zero-order valence-electron chi connectivity index (χ0n) is 19.4. The summed E-state index contributed by atoms with van der Waals surface area (Å²) in [5.41, 5.74) is 2.13. The first-order chi connectivity index (χ1) is 17.0. The summed E-state index contributed by atoms with van der Waals surface area (Å²) in [4.78, 5) is 40.5. The number of rotatable bonds is 6. The average molecular weight is 475 g/mol. The van der Waals surface area contributed by atoms with E-state index in [2.05, 4.69) is 5.10 Å². The predicted octanol–water partition coefficient (Wildman–Crippen LogP) is 3.83. The SMILES string of the molecule is O=C(C1CC1)N1CCC(Cn2c(-c3ccc(-c4ccc(F)cc4)cc3)nn(C(=O)C3CC3)c2=O)C1. The van der Waals surface area contributed by atoms with Crippen LogP contribution in [-0.4, -0.2) is 44.2 Å². The number of carbonyl (C=O) groups excluding carboxylic acids is 2. The highest BCUT2D eigenvalue weighted by atomic mass is 19.1. The Hall–Kier alpha value is -3.55. The summed E-state index contributed by atoms with van der Waals surface area (Å²) in [6, 6.07) is 13.8. The van der Waals surface area contributed by atoms with Crippen molar-refractivity contribution < 1.29 is 14.0 Å². The van der Waals surface area contributed by atoms with E-state index in [0.29, 0.717) is 25.5 Å². The van der Waals surface area contributed by atoms with Gasteiger partial charge in [0.1, 0.15) is 5.82 Å². The maximum absolute atomic E-state index is 13.3. The van der Waals surface area contributed by atoms with E-state index in [-0.39, 0.29) is 35.4 Å². The fourth-order valence-electron chi connectivity index (χ4n) is 4.90. The largest absolute Gasteiger partial charge is 0.353 e. The Morgan fingerprint density at radius 2 is 1.40 bits per heavy atom. The molecule has 180 valence electrons. The van der Waals surface area contributed by atoms with Crippen molar-refractivity contribution in [2.24, 2.45) is 17.8 Å². The number of amides is 1. The van der Waals surface area contributed by atoms with Crippen LogP contribution in [0.3, 0.4) is 0 Å². The lowest BCUT2D eigenvalue weighted by atomic mass is 10.0. The molecule has 1 amide bonds. The smallest absolute Gasteiger partial charge is 0.342 e. The van der Waals surface area contributed by atoms with Crippen molar-refractivity contribution in [1.29, 1.82) is 0 Å². The molecule has 3 aromatic rings. The van der Waals surface area contributed by atoms with Gasteiger partial charge < -0.3 is 4.90 Å². The molecular formula is C27H27FN4O3. The summed E-state index contributed by atoms with van der Waals surface area (Å²) in [6.45, 7) is 1.76. The van der Waals surface area contributed by atoms with Gasteiger partial charge in [-0.15, -0.1) is 9.78 Å². The normalized spacial score (nSPS) is 19.8. The first-order valence-corrected chi connectivity index (χ1v) is 12.4. The van der Waals surface area contributed by atoms with E-state index in [1.807, 2.05) is 29.2 Å². The molecule has 3 aliphatic rings. The van der Waals surface area contributed by atoms with Crippen LogP contribution >= 0.6 is 0 Å². The van der Waals surface area contributed by atoms with E-state index in [9.17, 15) is 18.8 Å². The van der Waals surface area contributed by atoms with Crippen LogP contribution in [0.25, 0.3) is 22.5 Å². The van der Waals surface area contributed by atoms with Gasteiger partial charge in [-0.25, -0.2) is 9.18 Å². The van der Waals surface area contributed by atoms with Crippen LogP contribution in [0.4, 0.5) is 4.39 Å². The van der Waals surface area contributed by atoms with Gasteiger partial charge >= 0.3 is 5.69 Å². The third-order valence-electron chi connectivity index (χ3n) is 7.28. The van der Waals surface area contributed by atoms with Gasteiger partial charge in [0.25, 0.3) is 5.91 Å². The fourth-order valence-corrected chi connectivity index (χ4v) is 4.90. The van der Waals surface area contributed by atoms with Crippen molar-refractivity contribution in [3.05, 3.63) is 64.8 Å². The molecule has 1 aliphatic heterocycles. The first kappa shape index (κ1) is 21.9. The number of hydrogen-bond acceptors (Lipinski definition) is 4. The highest BCUT2D eigenvalue weighted by Gasteiger charge is 2.38. The highest BCUT2D eigenvalue weighted by molar-refractivity contribution is 5.83. The number of likely N-dealkylation sites (tertiary alicyclic amines) is 1. The molecule has 0 bridgehead atoms. The van der Waals surface area contributed by atoms with E-state index in [1.54, 1.807) is 16.7 Å². The summed E-state index contributed by atoms with van der Waals surface area (Å²) < 4.78 is 15.9. The zero-order chi connectivity index (χ0) is 24.1. The maximum atomic E-state index is 13.3. The highest BCUT2D eigenvalue weighted by Crippen LogP contribution is 2.34. The fraction of sp³-hybridized carbons (Fsp3) is 0.407. The lowest BCUT2D eigenvalue weighted by molar-refractivity contribution is -0.131. The van der Waals surface area contributed by atoms with Crippen molar-refractivity contribution >= 4 is 11.8 Å². The summed E-state index contributed by atoms with van der Waals surface area (Å²) in [5, 5.41) is 4.48. The molecule has 2 aromatic carbocycles. The van der Waals surface area contributed by atoms with Crippen molar-refractivity contribution in [1.82, 2.24) is 19.2 Å². The Morgan fingerprint density at radius 3 is 2.03 bits per heavy atom. The number of benzene rings is 2. The molecule has 1 unspecified atom stereocenters. The van der Waals surface area contributed by atoms with Gasteiger partial charge in [0.2, 0.25) is 5.91 Å². The van der Waals surface area contributed by atoms with Crippen molar-refractivity contribution in [2.75, 3.05) is 13.1 Å². The number of carbonyl (C=O) groups is 2.